The smallest absolute Gasteiger partial charge is 0.281 e. The Morgan fingerprint density at radius 2 is 1.78 bits per heavy atom. The first-order chi connectivity index (χ1) is 15.1. The van der Waals surface area contributed by atoms with Crippen LogP contribution in [0.25, 0.3) is 0 Å². The molecule has 3 saturated carbocycles. The van der Waals surface area contributed by atoms with Gasteiger partial charge in [-0.05, 0) is 36.8 Å². The zero-order chi connectivity index (χ0) is 23.1. The maximum atomic E-state index is 13.6. The number of rotatable bonds is 9. The molecule has 3 fully saturated rings. The van der Waals surface area contributed by atoms with Gasteiger partial charge in [-0.1, -0.05) is 0 Å². The summed E-state index contributed by atoms with van der Waals surface area (Å²) in [7, 11) is 0. The zero-order valence-electron chi connectivity index (χ0n) is 16.6. The summed E-state index contributed by atoms with van der Waals surface area (Å²) in [5, 5.41) is 2.83. The van der Waals surface area contributed by atoms with Crippen molar-refractivity contribution in [2.45, 2.75) is 44.1 Å². The van der Waals surface area contributed by atoms with Crippen LogP contribution in [0, 0.1) is 11.2 Å². The molecule has 1 aromatic carbocycles. The van der Waals surface area contributed by atoms with Crippen LogP contribution in [-0.4, -0.2) is 33.8 Å². The Hall–Kier alpha value is -3.11. The highest BCUT2D eigenvalue weighted by Gasteiger charge is 2.68. The Morgan fingerprint density at radius 1 is 1.06 bits per heavy atom. The van der Waals surface area contributed by atoms with Crippen LogP contribution >= 0.6 is 0 Å². The molecule has 0 spiro atoms. The van der Waals surface area contributed by atoms with Crippen LogP contribution < -0.4 is 10.1 Å². The molecule has 0 atom stereocenters. The minimum atomic E-state index is -2.94. The summed E-state index contributed by atoms with van der Waals surface area (Å²) in [6, 6.07) is 2.86. The Kier molecular flexibility index (Phi) is 5.59. The first-order valence-corrected chi connectivity index (χ1v) is 9.75. The first-order valence-electron chi connectivity index (χ1n) is 9.75. The van der Waals surface area contributed by atoms with Gasteiger partial charge in [-0.2, -0.15) is 0 Å². The molecule has 0 radical (unpaired) electrons. The molecule has 170 valence electrons. The standard InChI is InChI=1S/C21H18F5N3O3/c22-13-3-11(1-2-12(13)18(23)24)32-7-17(31)29-21-8-20(9-21,10-21)4-16(30)14-5-28-15(6-27-14)19(25)26/h1-3,5-6,18-19H,4,7-10H2,(H,29,31). The number of carbonyl (C=O) groups excluding carboxylic acids is 2. The summed E-state index contributed by atoms with van der Waals surface area (Å²) in [5.74, 6) is -1.90. The molecule has 6 nitrogen and oxygen atoms in total. The second-order valence-corrected chi connectivity index (χ2v) is 8.36. The van der Waals surface area contributed by atoms with Gasteiger partial charge in [-0.3, -0.25) is 14.6 Å². The van der Waals surface area contributed by atoms with Crippen LogP contribution in [-0.2, 0) is 4.79 Å². The van der Waals surface area contributed by atoms with Crippen molar-refractivity contribution in [3.63, 3.8) is 0 Å². The minimum absolute atomic E-state index is 0.0238. The SMILES string of the molecule is O=C(COc1ccc(C(F)F)c(F)c1)NC12CC(CC(=O)c3cnc(C(F)F)cn3)(C1)C2. The summed E-state index contributed by atoms with van der Waals surface area (Å²) < 4.78 is 68.9. The highest BCUT2D eigenvalue weighted by Crippen LogP contribution is 2.69. The van der Waals surface area contributed by atoms with E-state index < -0.39 is 48.0 Å². The Bertz CT molecular complexity index is 1030. The van der Waals surface area contributed by atoms with Crippen molar-refractivity contribution < 1.29 is 36.3 Å². The average Bonchev–Trinajstić information content (AvgIpc) is 2.69. The molecule has 1 N–H and O–H groups in total. The average molecular weight is 455 g/mol. The fourth-order valence-electron chi connectivity index (χ4n) is 4.60. The summed E-state index contributed by atoms with van der Waals surface area (Å²) in [5.41, 5.74) is -1.91. The lowest BCUT2D eigenvalue weighted by atomic mass is 9.38. The number of amides is 1. The maximum Gasteiger partial charge on any atom is 0.281 e. The number of hydrogen-bond acceptors (Lipinski definition) is 5. The number of aromatic nitrogens is 2. The number of alkyl halides is 4. The van der Waals surface area contributed by atoms with Crippen LogP contribution in [0.3, 0.4) is 0 Å². The van der Waals surface area contributed by atoms with Gasteiger partial charge in [-0.15, -0.1) is 0 Å². The van der Waals surface area contributed by atoms with Crippen LogP contribution in [0.2, 0.25) is 0 Å². The highest BCUT2D eigenvalue weighted by atomic mass is 19.3. The third kappa shape index (κ3) is 4.28. The van der Waals surface area contributed by atoms with Crippen molar-refractivity contribution in [2.24, 2.45) is 5.41 Å². The van der Waals surface area contributed by atoms with Crippen molar-refractivity contribution >= 4 is 11.7 Å². The third-order valence-electron chi connectivity index (χ3n) is 5.84. The summed E-state index contributed by atoms with van der Waals surface area (Å²) in [4.78, 5) is 31.8. The second-order valence-electron chi connectivity index (χ2n) is 8.36. The van der Waals surface area contributed by atoms with Gasteiger partial charge in [-0.25, -0.2) is 26.9 Å². The lowest BCUT2D eigenvalue weighted by molar-refractivity contribution is -0.164. The molecule has 0 aliphatic heterocycles. The van der Waals surface area contributed by atoms with Gasteiger partial charge in [0.05, 0.1) is 18.0 Å². The number of ether oxygens (including phenoxy) is 1. The lowest BCUT2D eigenvalue weighted by Gasteiger charge is -2.70. The molecule has 0 unspecified atom stereocenters. The van der Waals surface area contributed by atoms with Crippen molar-refractivity contribution in [1.29, 1.82) is 0 Å². The summed E-state index contributed by atoms with van der Waals surface area (Å²) in [6.07, 6.45) is -1.85. The Labute approximate surface area is 179 Å². The van der Waals surface area contributed by atoms with E-state index in [1.165, 1.54) is 0 Å². The molecule has 1 amide bonds. The monoisotopic (exact) mass is 455 g/mol. The molecule has 3 aliphatic rings. The van der Waals surface area contributed by atoms with Crippen LogP contribution in [0.5, 0.6) is 5.75 Å². The fourth-order valence-corrected chi connectivity index (χ4v) is 4.60. The number of carbonyl (C=O) groups is 2. The van der Waals surface area contributed by atoms with E-state index in [0.717, 1.165) is 30.6 Å². The largest absolute Gasteiger partial charge is 0.484 e. The molecule has 11 heteroatoms. The molecule has 3 aliphatic carbocycles. The van der Waals surface area contributed by atoms with Gasteiger partial charge in [0.1, 0.15) is 23.0 Å². The molecule has 1 aromatic heterocycles. The van der Waals surface area contributed by atoms with Gasteiger partial charge in [0, 0.05) is 18.0 Å². The van der Waals surface area contributed by atoms with Crippen molar-refractivity contribution in [2.75, 3.05) is 6.61 Å². The lowest BCUT2D eigenvalue weighted by Crippen LogP contribution is -2.75. The maximum absolute atomic E-state index is 13.6. The number of hydrogen-bond donors (Lipinski definition) is 1. The van der Waals surface area contributed by atoms with Crippen LogP contribution in [0.1, 0.15) is 60.3 Å². The number of nitrogens with one attached hydrogen (secondary N) is 1. The topological polar surface area (TPSA) is 81.2 Å². The van der Waals surface area contributed by atoms with Crippen molar-refractivity contribution in [1.82, 2.24) is 15.3 Å². The fraction of sp³-hybridized carbons (Fsp3) is 0.429. The van der Waals surface area contributed by atoms with E-state index in [4.69, 9.17) is 4.74 Å². The van der Waals surface area contributed by atoms with Gasteiger partial charge >= 0.3 is 0 Å². The van der Waals surface area contributed by atoms with Gasteiger partial charge in [0.15, 0.2) is 12.4 Å². The molecular weight excluding hydrogens is 437 g/mol. The Morgan fingerprint density at radius 3 is 2.34 bits per heavy atom. The van der Waals surface area contributed by atoms with Crippen LogP contribution in [0.15, 0.2) is 30.6 Å². The van der Waals surface area contributed by atoms with Crippen molar-refractivity contribution in [3.8, 4) is 5.75 Å². The number of ketones is 1. The Balaban J connectivity index is 1.23. The predicted molar refractivity (Wildman–Crippen MR) is 99.9 cm³/mol. The van der Waals surface area contributed by atoms with Gasteiger partial charge in [0.25, 0.3) is 18.8 Å². The van der Waals surface area contributed by atoms with Gasteiger partial charge in [0.2, 0.25) is 0 Å². The molecule has 0 saturated heterocycles. The van der Waals surface area contributed by atoms with Gasteiger partial charge < -0.3 is 10.1 Å². The number of Topliss-reactive ketones (excluding diaryl/α,β-unsaturated/α-hetero) is 1. The zero-order valence-corrected chi connectivity index (χ0v) is 16.6. The van der Waals surface area contributed by atoms with E-state index in [0.29, 0.717) is 19.3 Å². The molecule has 5 rings (SSSR count). The summed E-state index contributed by atoms with van der Waals surface area (Å²) in [6.45, 7) is -0.410. The second kappa shape index (κ2) is 8.10. The molecule has 32 heavy (non-hydrogen) atoms. The first kappa shape index (κ1) is 22.1. The minimum Gasteiger partial charge on any atom is -0.484 e. The van der Waals surface area contributed by atoms with E-state index in [2.05, 4.69) is 15.3 Å². The molecular formula is C21H18F5N3O3. The van der Waals surface area contributed by atoms with E-state index in [9.17, 15) is 31.5 Å². The molecule has 2 aromatic rings. The number of nitrogens with zero attached hydrogens (tertiary/aromatic N) is 2. The third-order valence-corrected chi connectivity index (χ3v) is 5.84. The highest BCUT2D eigenvalue weighted by molar-refractivity contribution is 5.94. The number of halogens is 5. The van der Waals surface area contributed by atoms with E-state index >= 15 is 0 Å². The molecule has 1 heterocycles. The normalized spacial score (nSPS) is 23.5. The predicted octanol–water partition coefficient (Wildman–Crippen LogP) is 4.18. The number of benzene rings is 1. The quantitative estimate of drug-likeness (QED) is 0.453. The summed E-state index contributed by atoms with van der Waals surface area (Å²) >= 11 is 0. The molecule has 2 bridgehead atoms. The van der Waals surface area contributed by atoms with E-state index in [-0.39, 0.29) is 29.1 Å². The van der Waals surface area contributed by atoms with E-state index in [1.807, 2.05) is 0 Å². The van der Waals surface area contributed by atoms with Crippen molar-refractivity contribution in [3.05, 3.63) is 53.4 Å². The van der Waals surface area contributed by atoms with E-state index in [1.54, 1.807) is 0 Å². The van der Waals surface area contributed by atoms with Crippen LogP contribution in [0.4, 0.5) is 22.0 Å².